The Morgan fingerprint density at radius 2 is 2.00 bits per heavy atom. The molecule has 0 spiro atoms. The Hall–Kier alpha value is -1.12. The van der Waals surface area contributed by atoms with Gasteiger partial charge in [-0.2, -0.15) is 0 Å². The number of hydrogen-bond donors (Lipinski definition) is 0. The van der Waals surface area contributed by atoms with Gasteiger partial charge in [-0.05, 0) is 25.5 Å². The SMILES string of the molecule is CCC(C)Oc1ccc(F)c(F)c1. The van der Waals surface area contributed by atoms with Crippen molar-refractivity contribution in [3.05, 3.63) is 29.8 Å². The van der Waals surface area contributed by atoms with Crippen LogP contribution in [0.5, 0.6) is 5.75 Å². The van der Waals surface area contributed by atoms with E-state index in [4.69, 9.17) is 4.74 Å². The van der Waals surface area contributed by atoms with Crippen LogP contribution in [0.2, 0.25) is 0 Å². The molecule has 1 atom stereocenters. The lowest BCUT2D eigenvalue weighted by molar-refractivity contribution is 0.216. The lowest BCUT2D eigenvalue weighted by Gasteiger charge is -2.12. The van der Waals surface area contributed by atoms with Crippen molar-refractivity contribution in [1.82, 2.24) is 0 Å². The third-order valence-electron chi connectivity index (χ3n) is 1.80. The number of halogens is 2. The first-order chi connectivity index (χ1) is 6.13. The molecule has 0 bridgehead atoms. The molecule has 0 aliphatic heterocycles. The standard InChI is InChI=1S/C10H12F2O/c1-3-7(2)13-8-4-5-9(11)10(12)6-8/h4-7H,3H2,1-2H3. The first-order valence-corrected chi connectivity index (χ1v) is 4.25. The number of hydrogen-bond acceptors (Lipinski definition) is 1. The van der Waals surface area contributed by atoms with E-state index in [9.17, 15) is 8.78 Å². The molecule has 0 heterocycles. The lowest BCUT2D eigenvalue weighted by atomic mass is 10.3. The van der Waals surface area contributed by atoms with Crippen molar-refractivity contribution in [2.24, 2.45) is 0 Å². The van der Waals surface area contributed by atoms with Crippen LogP contribution in [0.1, 0.15) is 20.3 Å². The molecule has 0 aliphatic carbocycles. The molecule has 72 valence electrons. The van der Waals surface area contributed by atoms with Gasteiger partial charge in [0.25, 0.3) is 0 Å². The number of benzene rings is 1. The minimum atomic E-state index is -0.874. The zero-order valence-corrected chi connectivity index (χ0v) is 7.68. The summed E-state index contributed by atoms with van der Waals surface area (Å²) in [4.78, 5) is 0. The van der Waals surface area contributed by atoms with Gasteiger partial charge in [0, 0.05) is 6.07 Å². The van der Waals surface area contributed by atoms with Crippen molar-refractivity contribution >= 4 is 0 Å². The van der Waals surface area contributed by atoms with Gasteiger partial charge >= 0.3 is 0 Å². The van der Waals surface area contributed by atoms with Crippen LogP contribution in [0.4, 0.5) is 8.78 Å². The molecule has 1 nitrogen and oxygen atoms in total. The quantitative estimate of drug-likeness (QED) is 0.704. The molecule has 0 saturated heterocycles. The maximum Gasteiger partial charge on any atom is 0.162 e. The van der Waals surface area contributed by atoms with Crippen molar-refractivity contribution < 1.29 is 13.5 Å². The van der Waals surface area contributed by atoms with Gasteiger partial charge in [-0.25, -0.2) is 8.78 Å². The number of rotatable bonds is 3. The van der Waals surface area contributed by atoms with E-state index in [1.54, 1.807) is 0 Å². The smallest absolute Gasteiger partial charge is 0.162 e. The molecule has 1 rings (SSSR count). The third kappa shape index (κ3) is 2.68. The summed E-state index contributed by atoms with van der Waals surface area (Å²) in [6, 6.07) is 3.54. The van der Waals surface area contributed by atoms with Crippen molar-refractivity contribution in [2.45, 2.75) is 26.4 Å². The molecule has 1 aromatic rings. The second-order valence-corrected chi connectivity index (χ2v) is 2.91. The van der Waals surface area contributed by atoms with E-state index >= 15 is 0 Å². The van der Waals surface area contributed by atoms with Crippen LogP contribution in [0.15, 0.2) is 18.2 Å². The van der Waals surface area contributed by atoms with E-state index in [1.807, 2.05) is 13.8 Å². The van der Waals surface area contributed by atoms with E-state index < -0.39 is 11.6 Å². The second-order valence-electron chi connectivity index (χ2n) is 2.91. The summed E-state index contributed by atoms with van der Waals surface area (Å²) in [5.41, 5.74) is 0. The van der Waals surface area contributed by atoms with Crippen LogP contribution in [0.3, 0.4) is 0 Å². The molecule has 0 amide bonds. The topological polar surface area (TPSA) is 9.23 Å². The van der Waals surface area contributed by atoms with E-state index in [0.29, 0.717) is 5.75 Å². The molecule has 0 aliphatic rings. The van der Waals surface area contributed by atoms with Crippen LogP contribution in [-0.4, -0.2) is 6.10 Å². The minimum Gasteiger partial charge on any atom is -0.491 e. The van der Waals surface area contributed by atoms with Gasteiger partial charge < -0.3 is 4.74 Å². The zero-order valence-electron chi connectivity index (χ0n) is 7.68. The van der Waals surface area contributed by atoms with Crippen molar-refractivity contribution in [1.29, 1.82) is 0 Å². The molecule has 13 heavy (non-hydrogen) atoms. The fraction of sp³-hybridized carbons (Fsp3) is 0.400. The highest BCUT2D eigenvalue weighted by Gasteiger charge is 2.05. The second kappa shape index (κ2) is 4.21. The fourth-order valence-corrected chi connectivity index (χ4v) is 0.866. The predicted octanol–water partition coefficient (Wildman–Crippen LogP) is 3.14. The third-order valence-corrected chi connectivity index (χ3v) is 1.80. The Labute approximate surface area is 76.3 Å². The highest BCUT2D eigenvalue weighted by molar-refractivity contribution is 5.23. The van der Waals surface area contributed by atoms with Crippen LogP contribution >= 0.6 is 0 Å². The lowest BCUT2D eigenvalue weighted by Crippen LogP contribution is -2.09. The molecule has 0 N–H and O–H groups in total. The summed E-state index contributed by atoms with van der Waals surface area (Å²) in [6.45, 7) is 3.84. The van der Waals surface area contributed by atoms with Gasteiger partial charge in [0.1, 0.15) is 5.75 Å². The minimum absolute atomic E-state index is 0.0184. The van der Waals surface area contributed by atoms with Crippen LogP contribution < -0.4 is 4.74 Å². The van der Waals surface area contributed by atoms with Crippen molar-refractivity contribution in [2.75, 3.05) is 0 Å². The molecule has 0 saturated carbocycles. The molecule has 3 heteroatoms. The average Bonchev–Trinajstić information content (AvgIpc) is 2.11. The summed E-state index contributed by atoms with van der Waals surface area (Å²) in [5.74, 6) is -1.36. The largest absolute Gasteiger partial charge is 0.491 e. The highest BCUT2D eigenvalue weighted by atomic mass is 19.2. The normalized spacial score (nSPS) is 12.6. The Morgan fingerprint density at radius 3 is 2.54 bits per heavy atom. The van der Waals surface area contributed by atoms with Gasteiger partial charge in [0.2, 0.25) is 0 Å². The predicted molar refractivity (Wildman–Crippen MR) is 46.7 cm³/mol. The molecule has 0 fully saturated rings. The maximum atomic E-state index is 12.7. The summed E-state index contributed by atoms with van der Waals surface area (Å²) in [7, 11) is 0. The van der Waals surface area contributed by atoms with Gasteiger partial charge in [0.15, 0.2) is 11.6 Å². The average molecular weight is 186 g/mol. The van der Waals surface area contributed by atoms with Gasteiger partial charge in [0.05, 0.1) is 6.10 Å². The monoisotopic (exact) mass is 186 g/mol. The summed E-state index contributed by atoms with van der Waals surface area (Å²) < 4.78 is 30.5. The Kier molecular flexibility index (Phi) is 3.23. The van der Waals surface area contributed by atoms with Gasteiger partial charge in [-0.1, -0.05) is 6.92 Å². The van der Waals surface area contributed by atoms with Crippen molar-refractivity contribution in [3.8, 4) is 5.75 Å². The number of ether oxygens (including phenoxy) is 1. The van der Waals surface area contributed by atoms with Crippen LogP contribution in [0.25, 0.3) is 0 Å². The Morgan fingerprint density at radius 1 is 1.31 bits per heavy atom. The van der Waals surface area contributed by atoms with Crippen LogP contribution in [-0.2, 0) is 0 Å². The molecule has 0 radical (unpaired) electrons. The van der Waals surface area contributed by atoms with E-state index in [-0.39, 0.29) is 6.10 Å². The fourth-order valence-electron chi connectivity index (χ4n) is 0.866. The molecule has 0 aromatic heterocycles. The molecule has 1 aromatic carbocycles. The van der Waals surface area contributed by atoms with Gasteiger partial charge in [-0.3, -0.25) is 0 Å². The summed E-state index contributed by atoms with van der Waals surface area (Å²) >= 11 is 0. The first kappa shape index (κ1) is 9.96. The summed E-state index contributed by atoms with van der Waals surface area (Å²) in [5, 5.41) is 0. The zero-order chi connectivity index (χ0) is 9.84. The molecular weight excluding hydrogens is 174 g/mol. The summed E-state index contributed by atoms with van der Waals surface area (Å²) in [6.07, 6.45) is 0.851. The highest BCUT2D eigenvalue weighted by Crippen LogP contribution is 2.17. The maximum absolute atomic E-state index is 12.7. The molecule has 1 unspecified atom stereocenters. The first-order valence-electron chi connectivity index (χ1n) is 4.25. The van der Waals surface area contributed by atoms with Crippen LogP contribution in [0, 0.1) is 11.6 Å². The Bertz CT molecular complexity index is 286. The molecular formula is C10H12F2O. The van der Waals surface area contributed by atoms with E-state index in [0.717, 1.165) is 18.6 Å². The van der Waals surface area contributed by atoms with Crippen molar-refractivity contribution in [3.63, 3.8) is 0 Å². The Balaban J connectivity index is 2.73. The van der Waals surface area contributed by atoms with Gasteiger partial charge in [-0.15, -0.1) is 0 Å². The van der Waals surface area contributed by atoms with E-state index in [1.165, 1.54) is 6.07 Å². The van der Waals surface area contributed by atoms with E-state index in [2.05, 4.69) is 0 Å².